The third-order valence-electron chi connectivity index (χ3n) is 3.61. The normalized spacial score (nSPS) is 22.2. The van der Waals surface area contributed by atoms with E-state index < -0.39 is 5.91 Å². The van der Waals surface area contributed by atoms with E-state index in [-0.39, 0.29) is 17.9 Å². The Morgan fingerprint density at radius 2 is 2.05 bits per heavy atom. The molecule has 5 N–H and O–H groups in total. The van der Waals surface area contributed by atoms with Crippen LogP contribution in [0.1, 0.15) is 35.2 Å². The van der Waals surface area contributed by atoms with Crippen LogP contribution in [0.15, 0.2) is 18.2 Å². The Labute approximate surface area is 112 Å². The van der Waals surface area contributed by atoms with Crippen LogP contribution < -0.4 is 16.8 Å². The molecule has 2 unspecified atom stereocenters. The third kappa shape index (κ3) is 3.12. The molecule has 5 nitrogen and oxygen atoms in total. The van der Waals surface area contributed by atoms with E-state index in [0.29, 0.717) is 11.3 Å². The molecule has 1 aromatic rings. The lowest BCUT2D eigenvalue weighted by molar-refractivity contribution is -0.119. The van der Waals surface area contributed by atoms with Gasteiger partial charge in [-0.3, -0.25) is 9.59 Å². The van der Waals surface area contributed by atoms with Crippen molar-refractivity contribution < 1.29 is 9.59 Å². The van der Waals surface area contributed by atoms with Gasteiger partial charge in [0.05, 0.1) is 0 Å². The molecule has 0 spiro atoms. The summed E-state index contributed by atoms with van der Waals surface area (Å²) >= 11 is 0. The standard InChI is InChI=1S/C14H19N3O2/c1-8-2-5-11(7-12(8)13(16)18)17-14(19)9-3-4-10(15)6-9/h2,5,7,9-10H,3-4,6,15H2,1H3,(H2,16,18)(H,17,19). The topological polar surface area (TPSA) is 98.2 Å². The first-order chi connectivity index (χ1) is 8.97. The maximum absolute atomic E-state index is 12.0. The summed E-state index contributed by atoms with van der Waals surface area (Å²) in [5.41, 5.74) is 12.9. The SMILES string of the molecule is Cc1ccc(NC(=O)C2CCC(N)C2)cc1C(N)=O. The number of rotatable bonds is 3. The van der Waals surface area contributed by atoms with Gasteiger partial charge in [0.15, 0.2) is 0 Å². The summed E-state index contributed by atoms with van der Waals surface area (Å²) in [6.07, 6.45) is 2.43. The van der Waals surface area contributed by atoms with Crippen molar-refractivity contribution in [1.82, 2.24) is 0 Å². The molecule has 1 aromatic carbocycles. The molecule has 2 atom stereocenters. The fourth-order valence-corrected chi connectivity index (χ4v) is 2.46. The third-order valence-corrected chi connectivity index (χ3v) is 3.61. The number of benzene rings is 1. The van der Waals surface area contributed by atoms with Gasteiger partial charge in [-0.05, 0) is 43.9 Å². The Kier molecular flexibility index (Phi) is 3.85. The molecule has 19 heavy (non-hydrogen) atoms. The van der Waals surface area contributed by atoms with Crippen LogP contribution in [-0.2, 0) is 4.79 Å². The van der Waals surface area contributed by atoms with E-state index in [2.05, 4.69) is 5.32 Å². The predicted octanol–water partition coefficient (Wildman–Crippen LogP) is 1.16. The van der Waals surface area contributed by atoms with Crippen LogP contribution in [0.3, 0.4) is 0 Å². The average molecular weight is 261 g/mol. The van der Waals surface area contributed by atoms with Gasteiger partial charge >= 0.3 is 0 Å². The molecule has 0 heterocycles. The zero-order chi connectivity index (χ0) is 14.0. The van der Waals surface area contributed by atoms with Crippen molar-refractivity contribution in [2.24, 2.45) is 17.4 Å². The monoisotopic (exact) mass is 261 g/mol. The van der Waals surface area contributed by atoms with Crippen LogP contribution >= 0.6 is 0 Å². The van der Waals surface area contributed by atoms with E-state index in [9.17, 15) is 9.59 Å². The molecule has 2 rings (SSSR count). The van der Waals surface area contributed by atoms with E-state index in [4.69, 9.17) is 11.5 Å². The molecule has 2 amide bonds. The van der Waals surface area contributed by atoms with Crippen LogP contribution in [0.4, 0.5) is 5.69 Å². The summed E-state index contributed by atoms with van der Waals surface area (Å²) < 4.78 is 0. The highest BCUT2D eigenvalue weighted by molar-refractivity contribution is 5.98. The molecule has 0 bridgehead atoms. The van der Waals surface area contributed by atoms with Crippen molar-refractivity contribution in [3.8, 4) is 0 Å². The van der Waals surface area contributed by atoms with Gasteiger partial charge in [0.1, 0.15) is 0 Å². The highest BCUT2D eigenvalue weighted by Crippen LogP contribution is 2.25. The number of amides is 2. The maximum Gasteiger partial charge on any atom is 0.249 e. The fourth-order valence-electron chi connectivity index (χ4n) is 2.46. The smallest absolute Gasteiger partial charge is 0.249 e. The van der Waals surface area contributed by atoms with Gasteiger partial charge in [0, 0.05) is 23.2 Å². The lowest BCUT2D eigenvalue weighted by Gasteiger charge is -2.12. The molecule has 1 fully saturated rings. The highest BCUT2D eigenvalue weighted by atomic mass is 16.2. The van der Waals surface area contributed by atoms with Crippen LogP contribution in [0.25, 0.3) is 0 Å². The number of aryl methyl sites for hydroxylation is 1. The number of anilines is 1. The largest absolute Gasteiger partial charge is 0.366 e. The minimum Gasteiger partial charge on any atom is -0.366 e. The Bertz CT molecular complexity index is 513. The van der Waals surface area contributed by atoms with E-state index in [1.54, 1.807) is 18.2 Å². The lowest BCUT2D eigenvalue weighted by Crippen LogP contribution is -2.23. The summed E-state index contributed by atoms with van der Waals surface area (Å²) in [7, 11) is 0. The minimum absolute atomic E-state index is 0.0340. The first kappa shape index (κ1) is 13.5. The van der Waals surface area contributed by atoms with Crippen molar-refractivity contribution >= 4 is 17.5 Å². The van der Waals surface area contributed by atoms with Crippen LogP contribution in [0.2, 0.25) is 0 Å². The van der Waals surface area contributed by atoms with E-state index in [1.165, 1.54) is 0 Å². The highest BCUT2D eigenvalue weighted by Gasteiger charge is 2.27. The summed E-state index contributed by atoms with van der Waals surface area (Å²) in [6.45, 7) is 1.81. The predicted molar refractivity (Wildman–Crippen MR) is 73.6 cm³/mol. The Morgan fingerprint density at radius 1 is 1.32 bits per heavy atom. The second kappa shape index (κ2) is 5.40. The first-order valence-corrected chi connectivity index (χ1v) is 6.44. The molecule has 1 aliphatic rings. The number of primary amides is 1. The number of nitrogens with one attached hydrogen (secondary N) is 1. The molecule has 0 aromatic heterocycles. The van der Waals surface area contributed by atoms with E-state index in [0.717, 1.165) is 24.8 Å². The molecule has 0 radical (unpaired) electrons. The van der Waals surface area contributed by atoms with Gasteiger partial charge in [-0.25, -0.2) is 0 Å². The Balaban J connectivity index is 2.09. The molecular formula is C14H19N3O2. The maximum atomic E-state index is 12.0. The number of carbonyl (C=O) groups is 2. The van der Waals surface area contributed by atoms with Crippen LogP contribution in [-0.4, -0.2) is 17.9 Å². The molecule has 102 valence electrons. The molecule has 1 saturated carbocycles. The quantitative estimate of drug-likeness (QED) is 0.761. The van der Waals surface area contributed by atoms with Gasteiger partial charge in [-0.2, -0.15) is 0 Å². The van der Waals surface area contributed by atoms with Gasteiger partial charge in [0.2, 0.25) is 11.8 Å². The van der Waals surface area contributed by atoms with Crippen molar-refractivity contribution in [1.29, 1.82) is 0 Å². The van der Waals surface area contributed by atoms with E-state index >= 15 is 0 Å². The lowest BCUT2D eigenvalue weighted by atomic mass is 10.1. The zero-order valence-corrected chi connectivity index (χ0v) is 11.0. The number of nitrogens with two attached hydrogens (primary N) is 2. The van der Waals surface area contributed by atoms with Crippen molar-refractivity contribution in [2.75, 3.05) is 5.32 Å². The van der Waals surface area contributed by atoms with Crippen molar-refractivity contribution in [2.45, 2.75) is 32.2 Å². The van der Waals surface area contributed by atoms with Gasteiger partial charge in [0.25, 0.3) is 0 Å². The second-order valence-electron chi connectivity index (χ2n) is 5.15. The summed E-state index contributed by atoms with van der Waals surface area (Å²) in [4.78, 5) is 23.3. The summed E-state index contributed by atoms with van der Waals surface area (Å²) in [6, 6.07) is 5.28. The van der Waals surface area contributed by atoms with Crippen molar-refractivity contribution in [3.05, 3.63) is 29.3 Å². The molecule has 0 saturated heterocycles. The van der Waals surface area contributed by atoms with Crippen LogP contribution in [0.5, 0.6) is 0 Å². The molecule has 5 heteroatoms. The van der Waals surface area contributed by atoms with E-state index in [1.807, 2.05) is 6.92 Å². The number of hydrogen-bond acceptors (Lipinski definition) is 3. The zero-order valence-electron chi connectivity index (χ0n) is 11.0. The minimum atomic E-state index is -0.489. The number of hydrogen-bond donors (Lipinski definition) is 3. The average Bonchev–Trinajstić information content (AvgIpc) is 2.78. The fraction of sp³-hybridized carbons (Fsp3) is 0.429. The summed E-state index contributed by atoms with van der Waals surface area (Å²) in [5, 5.41) is 2.82. The van der Waals surface area contributed by atoms with Crippen molar-refractivity contribution in [3.63, 3.8) is 0 Å². The molecule has 0 aliphatic heterocycles. The first-order valence-electron chi connectivity index (χ1n) is 6.44. The van der Waals surface area contributed by atoms with Gasteiger partial charge in [-0.1, -0.05) is 6.07 Å². The van der Waals surface area contributed by atoms with Crippen LogP contribution in [0, 0.1) is 12.8 Å². The van der Waals surface area contributed by atoms with Gasteiger partial charge < -0.3 is 16.8 Å². The van der Waals surface area contributed by atoms with Gasteiger partial charge in [-0.15, -0.1) is 0 Å². The Hall–Kier alpha value is -1.88. The number of carbonyl (C=O) groups excluding carboxylic acids is 2. The Morgan fingerprint density at radius 3 is 2.63 bits per heavy atom. The second-order valence-corrected chi connectivity index (χ2v) is 5.15. The molecular weight excluding hydrogens is 242 g/mol. The molecule has 1 aliphatic carbocycles. The summed E-state index contributed by atoms with van der Waals surface area (Å²) in [5.74, 6) is -0.558.